The second-order valence-corrected chi connectivity index (χ2v) is 11.0. The quantitative estimate of drug-likeness (QED) is 0.578. The van der Waals surface area contributed by atoms with Gasteiger partial charge in [-0.05, 0) is 44.9 Å². The van der Waals surface area contributed by atoms with Crippen LogP contribution in [0.25, 0.3) is 0 Å². The molecule has 34 heavy (non-hydrogen) atoms. The Kier molecular flexibility index (Phi) is 7.90. The normalized spacial score (nSPS) is 12.7. The van der Waals surface area contributed by atoms with Crippen molar-refractivity contribution in [3.05, 3.63) is 47.2 Å². The van der Waals surface area contributed by atoms with Crippen LogP contribution < -0.4 is 5.32 Å². The zero-order valence-corrected chi connectivity index (χ0v) is 21.2. The monoisotopic (exact) mass is 480 g/mol. The third-order valence-corrected chi connectivity index (χ3v) is 5.02. The third-order valence-electron chi connectivity index (χ3n) is 5.02. The van der Waals surface area contributed by atoms with Crippen molar-refractivity contribution in [3.8, 4) is 0 Å². The molecule has 1 aromatic heterocycles. The Morgan fingerprint density at radius 1 is 1.06 bits per heavy atom. The van der Waals surface area contributed by atoms with E-state index in [2.05, 4.69) is 10.4 Å². The predicted octanol–water partition coefficient (Wildman–Crippen LogP) is 5.69. The number of carbonyl (C=O) groups is 2. The van der Waals surface area contributed by atoms with Crippen LogP contribution in [0.5, 0.6) is 0 Å². The Hall–Kier alpha value is -2.84. The molecule has 0 saturated heterocycles. The minimum Gasteiger partial charge on any atom is -0.329 e. The Bertz CT molecular complexity index is 1030. The number of nitrogens with zero attached hydrogens (tertiary/aromatic N) is 3. The van der Waals surface area contributed by atoms with Crippen LogP contribution in [0.3, 0.4) is 0 Å². The molecule has 0 saturated carbocycles. The third kappa shape index (κ3) is 7.08. The van der Waals surface area contributed by atoms with Gasteiger partial charge in [0.15, 0.2) is 0 Å². The van der Waals surface area contributed by atoms with E-state index in [-0.39, 0.29) is 30.0 Å². The largest absolute Gasteiger partial charge is 0.416 e. The van der Waals surface area contributed by atoms with E-state index in [1.54, 1.807) is 4.68 Å². The fraction of sp³-hybridized carbons (Fsp3) is 0.560. The fourth-order valence-corrected chi connectivity index (χ4v) is 3.37. The summed E-state index contributed by atoms with van der Waals surface area (Å²) in [5.74, 6) is -0.574. The maximum atomic E-state index is 13.1. The molecule has 2 amide bonds. The topological polar surface area (TPSA) is 67.2 Å². The van der Waals surface area contributed by atoms with E-state index in [0.717, 1.165) is 17.8 Å². The molecule has 0 aliphatic carbocycles. The fourth-order valence-electron chi connectivity index (χ4n) is 3.37. The first-order chi connectivity index (χ1) is 15.4. The zero-order chi connectivity index (χ0) is 26.1. The lowest BCUT2D eigenvalue weighted by Gasteiger charge is -2.26. The van der Waals surface area contributed by atoms with Crippen LogP contribution in [0.4, 0.5) is 19.0 Å². The van der Waals surface area contributed by atoms with E-state index in [1.807, 2.05) is 61.5 Å². The lowest BCUT2D eigenvalue weighted by atomic mass is 9.92. The van der Waals surface area contributed by atoms with Gasteiger partial charge >= 0.3 is 6.18 Å². The van der Waals surface area contributed by atoms with Crippen LogP contribution in [-0.4, -0.2) is 39.6 Å². The maximum Gasteiger partial charge on any atom is 0.416 e. The number of hydrogen-bond acceptors (Lipinski definition) is 3. The van der Waals surface area contributed by atoms with Crippen LogP contribution in [0.2, 0.25) is 0 Å². The van der Waals surface area contributed by atoms with Crippen molar-refractivity contribution in [1.82, 2.24) is 14.7 Å². The lowest BCUT2D eigenvalue weighted by Crippen LogP contribution is -2.40. The summed E-state index contributed by atoms with van der Waals surface area (Å²) in [5, 5.41) is 7.51. The molecule has 9 heteroatoms. The first-order valence-electron chi connectivity index (χ1n) is 11.3. The standard InChI is InChI=1S/C25H35F3N4O2/c1-16(2)14-31(22(34)17-10-9-11-18(12-17)25(26,27)28)15-21(33)29-20-13-19(23(3,4)5)30-32(20)24(6,7)8/h9-13,16H,14-15H2,1-8H3,(H,29,33). The molecule has 1 N–H and O–H groups in total. The Morgan fingerprint density at radius 3 is 2.18 bits per heavy atom. The first-order valence-corrected chi connectivity index (χ1v) is 11.3. The number of amides is 2. The van der Waals surface area contributed by atoms with E-state index in [0.29, 0.717) is 5.82 Å². The van der Waals surface area contributed by atoms with Gasteiger partial charge in [-0.25, -0.2) is 4.68 Å². The second kappa shape index (κ2) is 9.80. The van der Waals surface area contributed by atoms with Gasteiger partial charge in [0.2, 0.25) is 5.91 Å². The van der Waals surface area contributed by atoms with Gasteiger partial charge < -0.3 is 10.2 Å². The molecule has 0 aliphatic rings. The molecule has 0 fully saturated rings. The Labute approximate surface area is 199 Å². The number of aromatic nitrogens is 2. The molecule has 1 aromatic carbocycles. The van der Waals surface area contributed by atoms with Crippen molar-refractivity contribution in [2.75, 3.05) is 18.4 Å². The molecule has 0 unspecified atom stereocenters. The van der Waals surface area contributed by atoms with Gasteiger partial charge in [-0.2, -0.15) is 18.3 Å². The van der Waals surface area contributed by atoms with Gasteiger partial charge in [0.25, 0.3) is 5.91 Å². The van der Waals surface area contributed by atoms with Gasteiger partial charge in [0.05, 0.1) is 16.8 Å². The average molecular weight is 481 g/mol. The highest BCUT2D eigenvalue weighted by atomic mass is 19.4. The molecule has 0 bridgehead atoms. The van der Waals surface area contributed by atoms with Crippen LogP contribution in [0.15, 0.2) is 30.3 Å². The molecular weight excluding hydrogens is 445 g/mol. The minimum absolute atomic E-state index is 0.00939. The highest BCUT2D eigenvalue weighted by Gasteiger charge is 2.32. The summed E-state index contributed by atoms with van der Waals surface area (Å²) >= 11 is 0. The van der Waals surface area contributed by atoms with Gasteiger partial charge in [-0.1, -0.05) is 40.7 Å². The number of anilines is 1. The number of alkyl halides is 3. The van der Waals surface area contributed by atoms with Crippen molar-refractivity contribution in [2.45, 2.75) is 72.5 Å². The summed E-state index contributed by atoms with van der Waals surface area (Å²) < 4.78 is 41.1. The molecule has 0 aliphatic heterocycles. The van der Waals surface area contributed by atoms with Crippen molar-refractivity contribution >= 4 is 17.6 Å². The number of benzene rings is 1. The van der Waals surface area contributed by atoms with Crippen molar-refractivity contribution in [2.24, 2.45) is 5.92 Å². The van der Waals surface area contributed by atoms with Gasteiger partial charge in [-0.3, -0.25) is 9.59 Å². The molecule has 1 heterocycles. The molecule has 2 aromatic rings. The summed E-state index contributed by atoms with van der Waals surface area (Å²) in [4.78, 5) is 27.3. The lowest BCUT2D eigenvalue weighted by molar-refractivity contribution is -0.137. The van der Waals surface area contributed by atoms with Gasteiger partial charge in [-0.15, -0.1) is 0 Å². The van der Waals surface area contributed by atoms with E-state index in [1.165, 1.54) is 17.0 Å². The number of carbonyl (C=O) groups excluding carboxylic acids is 2. The number of rotatable bonds is 6. The second-order valence-electron chi connectivity index (χ2n) is 11.0. The number of hydrogen-bond donors (Lipinski definition) is 1. The first kappa shape index (κ1) is 27.4. The Balaban J connectivity index is 2.31. The van der Waals surface area contributed by atoms with Gasteiger partial charge in [0, 0.05) is 23.6 Å². The summed E-state index contributed by atoms with van der Waals surface area (Å²) in [6.07, 6.45) is -4.56. The molecule has 0 radical (unpaired) electrons. The smallest absolute Gasteiger partial charge is 0.329 e. The van der Waals surface area contributed by atoms with E-state index in [4.69, 9.17) is 0 Å². The van der Waals surface area contributed by atoms with Crippen molar-refractivity contribution in [1.29, 1.82) is 0 Å². The van der Waals surface area contributed by atoms with E-state index < -0.39 is 29.1 Å². The summed E-state index contributed by atoms with van der Waals surface area (Å²) in [6, 6.07) is 6.06. The SMILES string of the molecule is CC(C)CN(CC(=O)Nc1cc(C(C)(C)C)nn1C(C)(C)C)C(=O)c1cccc(C(F)(F)F)c1. The Morgan fingerprint density at radius 2 is 1.68 bits per heavy atom. The van der Waals surface area contributed by atoms with Crippen LogP contribution in [-0.2, 0) is 21.9 Å². The van der Waals surface area contributed by atoms with Crippen LogP contribution in [0, 0.1) is 5.92 Å². The van der Waals surface area contributed by atoms with Gasteiger partial charge in [0.1, 0.15) is 12.4 Å². The molecular formula is C25H35F3N4O2. The average Bonchev–Trinajstić information content (AvgIpc) is 3.10. The van der Waals surface area contributed by atoms with E-state index in [9.17, 15) is 22.8 Å². The van der Waals surface area contributed by atoms with Crippen molar-refractivity contribution in [3.63, 3.8) is 0 Å². The van der Waals surface area contributed by atoms with Crippen LogP contribution in [0.1, 0.15) is 77.0 Å². The predicted molar refractivity (Wildman–Crippen MR) is 127 cm³/mol. The number of halogens is 3. The van der Waals surface area contributed by atoms with E-state index >= 15 is 0 Å². The van der Waals surface area contributed by atoms with Crippen LogP contribution >= 0.6 is 0 Å². The summed E-state index contributed by atoms with van der Waals surface area (Å²) in [6.45, 7) is 15.6. The zero-order valence-electron chi connectivity index (χ0n) is 21.2. The molecule has 2 rings (SSSR count). The molecule has 0 atom stereocenters. The number of nitrogens with one attached hydrogen (secondary N) is 1. The maximum absolute atomic E-state index is 13.1. The highest BCUT2D eigenvalue weighted by Crippen LogP contribution is 2.30. The molecule has 188 valence electrons. The molecule has 0 spiro atoms. The molecule has 6 nitrogen and oxygen atoms in total. The highest BCUT2D eigenvalue weighted by molar-refractivity contribution is 5.99. The summed E-state index contributed by atoms with van der Waals surface area (Å²) in [5.41, 5.74) is -0.859. The minimum atomic E-state index is -4.56. The summed E-state index contributed by atoms with van der Waals surface area (Å²) in [7, 11) is 0. The van der Waals surface area contributed by atoms with Crippen molar-refractivity contribution < 1.29 is 22.8 Å².